The smallest absolute Gasteiger partial charge is 0.175 e. The molecular weight excluding hydrogens is 283 g/mol. The number of thiocarbonyl (C=S) groups is 1. The van der Waals surface area contributed by atoms with E-state index in [4.69, 9.17) is 12.2 Å². The third-order valence-corrected chi connectivity index (χ3v) is 3.52. The fourth-order valence-corrected chi connectivity index (χ4v) is 2.47. The number of hydrogen-bond donors (Lipinski definition) is 2. The Balaban J connectivity index is 2.16. The fourth-order valence-electron chi connectivity index (χ4n) is 2.25. The van der Waals surface area contributed by atoms with Crippen LogP contribution in [0.4, 0.5) is 15.8 Å². The molecule has 0 aliphatic rings. The number of nitrogens with one attached hydrogen (secondary N) is 2. The van der Waals surface area contributed by atoms with Gasteiger partial charge in [-0.3, -0.25) is 0 Å². The molecule has 0 atom stereocenters. The van der Waals surface area contributed by atoms with Gasteiger partial charge in [-0.2, -0.15) is 0 Å². The van der Waals surface area contributed by atoms with Crippen molar-refractivity contribution in [2.45, 2.75) is 26.7 Å². The van der Waals surface area contributed by atoms with E-state index in [1.54, 1.807) is 12.1 Å². The molecule has 21 heavy (non-hydrogen) atoms. The van der Waals surface area contributed by atoms with Gasteiger partial charge in [0.25, 0.3) is 0 Å². The van der Waals surface area contributed by atoms with Gasteiger partial charge in [0.1, 0.15) is 5.82 Å². The third kappa shape index (κ3) is 4.02. The van der Waals surface area contributed by atoms with Crippen LogP contribution in [0.3, 0.4) is 0 Å². The van der Waals surface area contributed by atoms with Crippen molar-refractivity contribution in [3.05, 3.63) is 59.4 Å². The molecule has 0 amide bonds. The molecule has 2 aromatic carbocycles. The Morgan fingerprint density at radius 2 is 1.62 bits per heavy atom. The maximum Gasteiger partial charge on any atom is 0.175 e. The molecule has 2 rings (SSSR count). The molecular formula is C17H19FN2S. The van der Waals surface area contributed by atoms with Crippen LogP contribution in [0.5, 0.6) is 0 Å². The molecule has 0 aliphatic carbocycles. The molecule has 110 valence electrons. The SMILES string of the molecule is CCc1cccc(CC)c1NC(=S)Nc1cccc(F)c1. The van der Waals surface area contributed by atoms with Crippen LogP contribution >= 0.6 is 12.2 Å². The summed E-state index contributed by atoms with van der Waals surface area (Å²) in [6.45, 7) is 4.23. The van der Waals surface area contributed by atoms with E-state index in [2.05, 4.69) is 42.7 Å². The first-order chi connectivity index (χ1) is 10.1. The normalized spacial score (nSPS) is 10.2. The summed E-state index contributed by atoms with van der Waals surface area (Å²) in [6, 6.07) is 12.5. The summed E-state index contributed by atoms with van der Waals surface area (Å²) in [7, 11) is 0. The molecule has 0 aromatic heterocycles. The molecule has 0 saturated carbocycles. The highest BCUT2D eigenvalue weighted by Gasteiger charge is 2.08. The van der Waals surface area contributed by atoms with E-state index in [0.29, 0.717) is 10.8 Å². The summed E-state index contributed by atoms with van der Waals surface area (Å²) in [5.74, 6) is -0.286. The number of halogens is 1. The molecule has 0 aliphatic heterocycles. The van der Waals surface area contributed by atoms with Crippen LogP contribution in [0.15, 0.2) is 42.5 Å². The van der Waals surface area contributed by atoms with Gasteiger partial charge in [-0.05, 0) is 54.4 Å². The highest BCUT2D eigenvalue weighted by molar-refractivity contribution is 7.80. The van der Waals surface area contributed by atoms with Crippen LogP contribution in [0.1, 0.15) is 25.0 Å². The summed E-state index contributed by atoms with van der Waals surface area (Å²) in [4.78, 5) is 0. The van der Waals surface area contributed by atoms with E-state index in [9.17, 15) is 4.39 Å². The topological polar surface area (TPSA) is 24.1 Å². The van der Waals surface area contributed by atoms with E-state index in [1.807, 2.05) is 0 Å². The van der Waals surface area contributed by atoms with E-state index in [-0.39, 0.29) is 5.82 Å². The molecule has 0 fully saturated rings. The van der Waals surface area contributed by atoms with Crippen LogP contribution in [0.2, 0.25) is 0 Å². The van der Waals surface area contributed by atoms with Gasteiger partial charge in [-0.1, -0.05) is 38.1 Å². The lowest BCUT2D eigenvalue weighted by molar-refractivity contribution is 0.628. The predicted octanol–water partition coefficient (Wildman–Crippen LogP) is 4.76. The fraction of sp³-hybridized carbons (Fsp3) is 0.235. The van der Waals surface area contributed by atoms with Crippen molar-refractivity contribution in [1.29, 1.82) is 0 Å². The molecule has 2 N–H and O–H groups in total. The van der Waals surface area contributed by atoms with Gasteiger partial charge in [0, 0.05) is 11.4 Å². The predicted molar refractivity (Wildman–Crippen MR) is 91.4 cm³/mol. The minimum absolute atomic E-state index is 0.286. The summed E-state index contributed by atoms with van der Waals surface area (Å²) < 4.78 is 13.2. The van der Waals surface area contributed by atoms with Crippen LogP contribution in [-0.2, 0) is 12.8 Å². The largest absolute Gasteiger partial charge is 0.332 e. The zero-order valence-electron chi connectivity index (χ0n) is 12.2. The lowest BCUT2D eigenvalue weighted by Gasteiger charge is -2.17. The van der Waals surface area contributed by atoms with E-state index in [0.717, 1.165) is 18.5 Å². The molecule has 0 heterocycles. The molecule has 2 aromatic rings. The van der Waals surface area contributed by atoms with Crippen molar-refractivity contribution >= 4 is 28.7 Å². The van der Waals surface area contributed by atoms with Gasteiger partial charge in [0.2, 0.25) is 0 Å². The van der Waals surface area contributed by atoms with Crippen molar-refractivity contribution < 1.29 is 4.39 Å². The van der Waals surface area contributed by atoms with Gasteiger partial charge in [0.15, 0.2) is 5.11 Å². The molecule has 0 bridgehead atoms. The number of rotatable bonds is 4. The summed E-state index contributed by atoms with van der Waals surface area (Å²) in [5.41, 5.74) is 4.13. The highest BCUT2D eigenvalue weighted by atomic mass is 32.1. The lowest BCUT2D eigenvalue weighted by Crippen LogP contribution is -2.21. The van der Waals surface area contributed by atoms with Gasteiger partial charge in [0.05, 0.1) is 0 Å². The highest BCUT2D eigenvalue weighted by Crippen LogP contribution is 2.23. The van der Waals surface area contributed by atoms with Gasteiger partial charge in [-0.25, -0.2) is 4.39 Å². The first kappa shape index (κ1) is 15.4. The Morgan fingerprint density at radius 3 is 2.19 bits per heavy atom. The Bertz CT molecular complexity index is 618. The maximum absolute atomic E-state index is 13.2. The van der Waals surface area contributed by atoms with Crippen molar-refractivity contribution in [1.82, 2.24) is 0 Å². The number of para-hydroxylation sites is 1. The summed E-state index contributed by atoms with van der Waals surface area (Å²) in [5, 5.41) is 6.73. The summed E-state index contributed by atoms with van der Waals surface area (Å²) >= 11 is 5.33. The van der Waals surface area contributed by atoms with Gasteiger partial charge >= 0.3 is 0 Å². The van der Waals surface area contributed by atoms with Gasteiger partial charge in [-0.15, -0.1) is 0 Å². The Hall–Kier alpha value is -1.94. The molecule has 2 nitrogen and oxygen atoms in total. The Kier molecular flexibility index (Phi) is 5.28. The minimum atomic E-state index is -0.286. The quantitative estimate of drug-likeness (QED) is 0.796. The number of anilines is 2. The van der Waals surface area contributed by atoms with E-state index >= 15 is 0 Å². The van der Waals surface area contributed by atoms with Crippen molar-refractivity contribution in [3.63, 3.8) is 0 Å². The average molecular weight is 302 g/mol. The van der Waals surface area contributed by atoms with Crippen LogP contribution in [-0.4, -0.2) is 5.11 Å². The number of aryl methyl sites for hydroxylation is 2. The average Bonchev–Trinajstić information content (AvgIpc) is 2.47. The number of hydrogen-bond acceptors (Lipinski definition) is 1. The molecule has 0 radical (unpaired) electrons. The first-order valence-electron chi connectivity index (χ1n) is 7.08. The molecule has 0 saturated heterocycles. The summed E-state index contributed by atoms with van der Waals surface area (Å²) in [6.07, 6.45) is 1.86. The van der Waals surface area contributed by atoms with Crippen molar-refractivity contribution in [2.75, 3.05) is 10.6 Å². The second-order valence-electron chi connectivity index (χ2n) is 4.75. The third-order valence-electron chi connectivity index (χ3n) is 3.32. The molecule has 0 spiro atoms. The number of benzene rings is 2. The maximum atomic E-state index is 13.2. The van der Waals surface area contributed by atoms with E-state index in [1.165, 1.54) is 23.3 Å². The lowest BCUT2D eigenvalue weighted by atomic mass is 10.0. The zero-order chi connectivity index (χ0) is 15.2. The second-order valence-corrected chi connectivity index (χ2v) is 5.16. The molecule has 0 unspecified atom stereocenters. The van der Waals surface area contributed by atoms with Crippen LogP contribution in [0, 0.1) is 5.82 Å². The van der Waals surface area contributed by atoms with Crippen molar-refractivity contribution in [2.24, 2.45) is 0 Å². The standard InChI is InChI=1S/C17H19FN2S/c1-3-12-7-5-8-13(4-2)16(12)20-17(21)19-15-10-6-9-14(18)11-15/h5-11H,3-4H2,1-2H3,(H2,19,20,21). The monoisotopic (exact) mass is 302 g/mol. The van der Waals surface area contributed by atoms with Crippen LogP contribution in [0.25, 0.3) is 0 Å². The Morgan fingerprint density at radius 1 is 1.00 bits per heavy atom. The van der Waals surface area contributed by atoms with Crippen molar-refractivity contribution in [3.8, 4) is 0 Å². The first-order valence-corrected chi connectivity index (χ1v) is 7.49. The zero-order valence-corrected chi connectivity index (χ0v) is 13.1. The molecule has 4 heteroatoms. The van der Waals surface area contributed by atoms with E-state index < -0.39 is 0 Å². The Labute approximate surface area is 130 Å². The van der Waals surface area contributed by atoms with Gasteiger partial charge < -0.3 is 10.6 Å². The van der Waals surface area contributed by atoms with Crippen LogP contribution < -0.4 is 10.6 Å². The second kappa shape index (κ2) is 7.18. The minimum Gasteiger partial charge on any atom is -0.332 e.